The first-order valence-corrected chi connectivity index (χ1v) is 15.0. The van der Waals surface area contributed by atoms with Crippen molar-refractivity contribution >= 4 is 11.9 Å². The second kappa shape index (κ2) is 21.4. The summed E-state index contributed by atoms with van der Waals surface area (Å²) in [6, 6.07) is 0. The Labute approximate surface area is 213 Å². The fourth-order valence-electron chi connectivity index (χ4n) is 4.75. The molecule has 0 aromatic rings. The van der Waals surface area contributed by atoms with Crippen molar-refractivity contribution in [1.82, 2.24) is 0 Å². The number of carbonyl (C=O) groups excluding carboxylic acids is 2. The van der Waals surface area contributed by atoms with Gasteiger partial charge >= 0.3 is 11.9 Å². The van der Waals surface area contributed by atoms with Gasteiger partial charge < -0.3 is 4.74 Å². The third-order valence-electron chi connectivity index (χ3n) is 8.03. The van der Waals surface area contributed by atoms with E-state index in [0.717, 1.165) is 12.8 Å². The lowest BCUT2D eigenvalue weighted by Crippen LogP contribution is -2.40. The smallest absolute Gasteiger partial charge is 0.319 e. The van der Waals surface area contributed by atoms with Crippen LogP contribution in [0.15, 0.2) is 0 Å². The molecule has 0 heterocycles. The van der Waals surface area contributed by atoms with Crippen molar-refractivity contribution in [2.24, 2.45) is 17.3 Å². The van der Waals surface area contributed by atoms with Crippen molar-refractivity contribution in [3.8, 4) is 0 Å². The Bertz CT molecular complexity index is 487. The second-order valence-electron chi connectivity index (χ2n) is 11.5. The topological polar surface area (TPSA) is 43.4 Å². The zero-order valence-electron chi connectivity index (χ0n) is 24.0. The SMILES string of the molecule is CCCCCCCCCCCCCCCCCCCCCC(=O)OC(=O)C(C)(C(C)C)C(C)C. The summed E-state index contributed by atoms with van der Waals surface area (Å²) in [6.45, 7) is 12.3. The molecular weight excluding hydrogens is 420 g/mol. The molecule has 0 bridgehead atoms. The van der Waals surface area contributed by atoms with E-state index in [1.165, 1.54) is 109 Å². The van der Waals surface area contributed by atoms with E-state index in [4.69, 9.17) is 4.74 Å². The van der Waals surface area contributed by atoms with Crippen molar-refractivity contribution in [3.63, 3.8) is 0 Å². The minimum atomic E-state index is -0.608. The standard InChI is InChI=1S/C31H60O3/c1-7-8-9-10-11-12-13-14-15-16-17-18-19-20-21-22-23-24-25-26-29(32)34-30(33)31(6,27(2)3)28(4)5/h27-28H,7-26H2,1-6H3. The fourth-order valence-corrected chi connectivity index (χ4v) is 4.75. The molecule has 3 heteroatoms. The summed E-state index contributed by atoms with van der Waals surface area (Å²) in [6.07, 6.45) is 25.7. The van der Waals surface area contributed by atoms with Crippen LogP contribution in [0, 0.1) is 17.3 Å². The molecule has 0 spiro atoms. The van der Waals surface area contributed by atoms with Gasteiger partial charge in [-0.3, -0.25) is 9.59 Å². The van der Waals surface area contributed by atoms with Crippen LogP contribution in [0.5, 0.6) is 0 Å². The van der Waals surface area contributed by atoms with Gasteiger partial charge in [-0.1, -0.05) is 150 Å². The molecule has 0 atom stereocenters. The average Bonchev–Trinajstić information content (AvgIpc) is 2.79. The molecule has 0 amide bonds. The Kier molecular flexibility index (Phi) is 20.9. The van der Waals surface area contributed by atoms with Gasteiger partial charge in [-0.2, -0.15) is 0 Å². The first-order valence-electron chi connectivity index (χ1n) is 15.0. The number of hydrogen-bond donors (Lipinski definition) is 0. The van der Waals surface area contributed by atoms with Crippen LogP contribution >= 0.6 is 0 Å². The molecule has 0 radical (unpaired) electrons. The minimum Gasteiger partial charge on any atom is -0.393 e. The largest absolute Gasteiger partial charge is 0.393 e. The molecule has 0 saturated carbocycles. The second-order valence-corrected chi connectivity index (χ2v) is 11.5. The van der Waals surface area contributed by atoms with Crippen LogP contribution in [0.25, 0.3) is 0 Å². The van der Waals surface area contributed by atoms with E-state index in [1.807, 2.05) is 34.6 Å². The molecule has 0 aliphatic heterocycles. The first kappa shape index (κ1) is 33.1. The van der Waals surface area contributed by atoms with Crippen molar-refractivity contribution < 1.29 is 14.3 Å². The van der Waals surface area contributed by atoms with Crippen molar-refractivity contribution in [2.45, 2.75) is 170 Å². The molecule has 0 fully saturated rings. The molecule has 34 heavy (non-hydrogen) atoms. The third-order valence-corrected chi connectivity index (χ3v) is 8.03. The van der Waals surface area contributed by atoms with E-state index in [9.17, 15) is 9.59 Å². The lowest BCUT2D eigenvalue weighted by molar-refractivity contribution is -0.171. The molecular formula is C31H60O3. The monoisotopic (exact) mass is 480 g/mol. The summed E-state index contributed by atoms with van der Waals surface area (Å²) in [5.74, 6) is -0.435. The zero-order valence-corrected chi connectivity index (χ0v) is 24.0. The Balaban J connectivity index is 3.48. The quantitative estimate of drug-likeness (QED) is 0.0829. The zero-order chi connectivity index (χ0) is 25.7. The average molecular weight is 481 g/mol. The number of carbonyl (C=O) groups is 2. The third kappa shape index (κ3) is 15.9. The maximum Gasteiger partial charge on any atom is 0.319 e. The van der Waals surface area contributed by atoms with Gasteiger partial charge in [-0.05, 0) is 25.2 Å². The maximum atomic E-state index is 12.5. The number of unbranched alkanes of at least 4 members (excludes halogenated alkanes) is 18. The number of rotatable bonds is 23. The highest BCUT2D eigenvalue weighted by molar-refractivity contribution is 5.88. The Morgan fingerprint density at radius 3 is 1.15 bits per heavy atom. The Hall–Kier alpha value is -0.860. The molecule has 0 aliphatic carbocycles. The van der Waals surface area contributed by atoms with Crippen LogP contribution in [0.1, 0.15) is 170 Å². The lowest BCUT2D eigenvalue weighted by Gasteiger charge is -2.34. The van der Waals surface area contributed by atoms with E-state index < -0.39 is 5.41 Å². The van der Waals surface area contributed by atoms with E-state index >= 15 is 0 Å². The summed E-state index contributed by atoms with van der Waals surface area (Å²) < 4.78 is 5.20. The van der Waals surface area contributed by atoms with E-state index in [2.05, 4.69) is 6.92 Å². The molecule has 0 rings (SSSR count). The Morgan fingerprint density at radius 2 is 0.853 bits per heavy atom. The lowest BCUT2D eigenvalue weighted by atomic mass is 9.70. The predicted octanol–water partition coefficient (Wildman–Crippen LogP) is 10.2. The molecule has 202 valence electrons. The van der Waals surface area contributed by atoms with Gasteiger partial charge in [0.2, 0.25) is 0 Å². The molecule has 0 saturated heterocycles. The van der Waals surface area contributed by atoms with Gasteiger partial charge in [-0.25, -0.2) is 0 Å². The predicted molar refractivity (Wildman–Crippen MR) is 147 cm³/mol. The van der Waals surface area contributed by atoms with Gasteiger partial charge in [0.1, 0.15) is 0 Å². The van der Waals surface area contributed by atoms with Crippen molar-refractivity contribution in [1.29, 1.82) is 0 Å². The van der Waals surface area contributed by atoms with Gasteiger partial charge in [0.25, 0.3) is 0 Å². The van der Waals surface area contributed by atoms with Crippen molar-refractivity contribution in [3.05, 3.63) is 0 Å². The fraction of sp³-hybridized carbons (Fsp3) is 0.935. The molecule has 0 aromatic heterocycles. The van der Waals surface area contributed by atoms with Crippen LogP contribution in [0.3, 0.4) is 0 Å². The van der Waals surface area contributed by atoms with Crippen LogP contribution in [-0.2, 0) is 14.3 Å². The van der Waals surface area contributed by atoms with Gasteiger partial charge in [-0.15, -0.1) is 0 Å². The van der Waals surface area contributed by atoms with Gasteiger partial charge in [0.05, 0.1) is 5.41 Å². The van der Waals surface area contributed by atoms with E-state index in [-0.39, 0.29) is 23.8 Å². The summed E-state index contributed by atoms with van der Waals surface area (Å²) in [7, 11) is 0. The molecule has 3 nitrogen and oxygen atoms in total. The number of ether oxygens (including phenoxy) is 1. The summed E-state index contributed by atoms with van der Waals surface area (Å²) in [5.41, 5.74) is -0.608. The number of hydrogen-bond acceptors (Lipinski definition) is 3. The van der Waals surface area contributed by atoms with Gasteiger partial charge in [0.15, 0.2) is 0 Å². The van der Waals surface area contributed by atoms with Crippen LogP contribution in [0.4, 0.5) is 0 Å². The molecule has 0 unspecified atom stereocenters. The summed E-state index contributed by atoms with van der Waals surface area (Å²) in [5, 5.41) is 0. The molecule has 0 N–H and O–H groups in total. The van der Waals surface area contributed by atoms with Crippen LogP contribution in [0.2, 0.25) is 0 Å². The molecule has 0 aromatic carbocycles. The van der Waals surface area contributed by atoms with E-state index in [1.54, 1.807) is 0 Å². The summed E-state index contributed by atoms with van der Waals surface area (Å²) >= 11 is 0. The van der Waals surface area contributed by atoms with E-state index in [0.29, 0.717) is 6.42 Å². The summed E-state index contributed by atoms with van der Waals surface area (Å²) in [4.78, 5) is 24.6. The number of esters is 2. The molecule has 0 aliphatic rings. The maximum absolute atomic E-state index is 12.5. The normalized spacial score (nSPS) is 12.0. The first-order chi connectivity index (χ1) is 16.3. The highest BCUT2D eigenvalue weighted by Gasteiger charge is 2.42. The van der Waals surface area contributed by atoms with Gasteiger partial charge in [0, 0.05) is 6.42 Å². The van der Waals surface area contributed by atoms with Crippen LogP contribution < -0.4 is 0 Å². The highest BCUT2D eigenvalue weighted by atomic mass is 16.6. The highest BCUT2D eigenvalue weighted by Crippen LogP contribution is 2.36. The van der Waals surface area contributed by atoms with Crippen molar-refractivity contribution in [2.75, 3.05) is 0 Å². The minimum absolute atomic E-state index is 0.141. The van der Waals surface area contributed by atoms with Crippen LogP contribution in [-0.4, -0.2) is 11.9 Å². The Morgan fingerprint density at radius 1 is 0.559 bits per heavy atom.